The minimum Gasteiger partial charge on any atom is -0.378 e. The third-order valence-corrected chi connectivity index (χ3v) is 2.59. The van der Waals surface area contributed by atoms with Crippen molar-refractivity contribution in [3.8, 4) is 0 Å². The summed E-state index contributed by atoms with van der Waals surface area (Å²) in [6.07, 6.45) is 4.49. The maximum Gasteiger partial charge on any atom is 0.0616 e. The molecule has 0 aliphatic carbocycles. The molecule has 0 aromatic carbocycles. The monoisotopic (exact) mass is 141 g/mol. The van der Waals surface area contributed by atoms with Crippen LogP contribution in [0, 0.1) is 5.92 Å². The molecule has 0 amide bonds. The fraction of sp³-hybridized carbons (Fsp3) is 1.00. The van der Waals surface area contributed by atoms with Gasteiger partial charge in [0.25, 0.3) is 0 Å². The summed E-state index contributed by atoms with van der Waals surface area (Å²) in [4.78, 5) is 0. The minimum absolute atomic E-state index is 0.593. The first-order valence-electron chi connectivity index (χ1n) is 4.29. The lowest BCUT2D eigenvalue weighted by molar-refractivity contribution is 0.0700. The Hall–Kier alpha value is -0.0800. The molecule has 2 saturated heterocycles. The predicted octanol–water partition coefficient (Wildman–Crippen LogP) is 0.775. The van der Waals surface area contributed by atoms with E-state index in [4.69, 9.17) is 4.74 Å². The maximum atomic E-state index is 5.60. The summed E-state index contributed by atoms with van der Waals surface area (Å²) < 4.78 is 5.60. The van der Waals surface area contributed by atoms with E-state index in [0.29, 0.717) is 6.10 Å². The average Bonchev–Trinajstić information content (AvgIpc) is 2.59. The zero-order chi connectivity index (χ0) is 6.81. The van der Waals surface area contributed by atoms with Crippen molar-refractivity contribution in [1.82, 2.24) is 5.32 Å². The van der Waals surface area contributed by atoms with Crippen LogP contribution in [0.25, 0.3) is 0 Å². The highest BCUT2D eigenvalue weighted by molar-refractivity contribution is 4.81. The van der Waals surface area contributed by atoms with Crippen LogP contribution in [0.3, 0.4) is 0 Å². The zero-order valence-corrected chi connectivity index (χ0v) is 6.31. The standard InChI is InChI=1S/C8H15NO/c1-2-8(10-5-1)7-3-4-9-6-7/h7-9H,1-6H2/t7-,8-/m1/s1. The Balaban J connectivity index is 1.85. The Morgan fingerprint density at radius 3 is 2.90 bits per heavy atom. The van der Waals surface area contributed by atoms with Gasteiger partial charge in [0.1, 0.15) is 0 Å². The van der Waals surface area contributed by atoms with Crippen LogP contribution in [0.1, 0.15) is 19.3 Å². The van der Waals surface area contributed by atoms with Crippen molar-refractivity contribution in [1.29, 1.82) is 0 Å². The van der Waals surface area contributed by atoms with E-state index in [9.17, 15) is 0 Å². The molecule has 2 nitrogen and oxygen atoms in total. The van der Waals surface area contributed by atoms with Crippen LogP contribution in [0.15, 0.2) is 0 Å². The summed E-state index contributed by atoms with van der Waals surface area (Å²) in [5.41, 5.74) is 0. The molecule has 2 aliphatic heterocycles. The smallest absolute Gasteiger partial charge is 0.0616 e. The Morgan fingerprint density at radius 2 is 2.30 bits per heavy atom. The first-order valence-corrected chi connectivity index (χ1v) is 4.29. The summed E-state index contributed by atoms with van der Waals surface area (Å²) >= 11 is 0. The van der Waals surface area contributed by atoms with Gasteiger partial charge in [0.05, 0.1) is 6.10 Å². The molecule has 0 aromatic heterocycles. The molecule has 0 spiro atoms. The fourth-order valence-electron chi connectivity index (χ4n) is 1.97. The van der Waals surface area contributed by atoms with Gasteiger partial charge >= 0.3 is 0 Å². The van der Waals surface area contributed by atoms with Crippen LogP contribution in [0.5, 0.6) is 0 Å². The number of hydrogen-bond acceptors (Lipinski definition) is 2. The van der Waals surface area contributed by atoms with Crippen molar-refractivity contribution in [2.75, 3.05) is 19.7 Å². The third kappa shape index (κ3) is 1.18. The molecule has 2 heterocycles. The van der Waals surface area contributed by atoms with Crippen LogP contribution >= 0.6 is 0 Å². The molecule has 0 aromatic rings. The molecule has 58 valence electrons. The average molecular weight is 141 g/mol. The van der Waals surface area contributed by atoms with E-state index >= 15 is 0 Å². The molecular weight excluding hydrogens is 126 g/mol. The minimum atomic E-state index is 0.593. The van der Waals surface area contributed by atoms with Crippen LogP contribution in [-0.2, 0) is 4.74 Å². The first kappa shape index (κ1) is 6.62. The molecule has 2 rings (SSSR count). The number of rotatable bonds is 1. The summed E-state index contributed by atoms with van der Waals surface area (Å²) in [7, 11) is 0. The first-order chi connectivity index (χ1) is 4.97. The van der Waals surface area contributed by atoms with Gasteiger partial charge < -0.3 is 10.1 Å². The van der Waals surface area contributed by atoms with Gasteiger partial charge in [0, 0.05) is 13.2 Å². The molecule has 2 heteroatoms. The van der Waals surface area contributed by atoms with Crippen molar-refractivity contribution in [3.63, 3.8) is 0 Å². The SMILES string of the molecule is C1CO[C@@H]([C@@H]2CCNC2)C1. The predicted molar refractivity (Wildman–Crippen MR) is 40.0 cm³/mol. The van der Waals surface area contributed by atoms with Gasteiger partial charge in [-0.3, -0.25) is 0 Å². The van der Waals surface area contributed by atoms with Crippen molar-refractivity contribution in [2.45, 2.75) is 25.4 Å². The molecular formula is C8H15NO. The quantitative estimate of drug-likeness (QED) is 0.582. The van der Waals surface area contributed by atoms with Crippen LogP contribution < -0.4 is 5.32 Å². The highest BCUT2D eigenvalue weighted by Gasteiger charge is 2.27. The third-order valence-electron chi connectivity index (χ3n) is 2.59. The van der Waals surface area contributed by atoms with Crippen molar-refractivity contribution in [2.24, 2.45) is 5.92 Å². The van der Waals surface area contributed by atoms with Gasteiger partial charge in [-0.05, 0) is 31.7 Å². The summed E-state index contributed by atoms with van der Waals surface area (Å²) in [5.74, 6) is 0.822. The second-order valence-corrected chi connectivity index (χ2v) is 3.30. The molecule has 0 radical (unpaired) electrons. The lowest BCUT2D eigenvalue weighted by Crippen LogP contribution is -2.21. The molecule has 0 bridgehead atoms. The van der Waals surface area contributed by atoms with Crippen molar-refractivity contribution in [3.05, 3.63) is 0 Å². The number of nitrogens with one attached hydrogen (secondary N) is 1. The van der Waals surface area contributed by atoms with E-state index < -0.39 is 0 Å². The highest BCUT2D eigenvalue weighted by Crippen LogP contribution is 2.24. The van der Waals surface area contributed by atoms with Crippen LogP contribution in [-0.4, -0.2) is 25.8 Å². The molecule has 10 heavy (non-hydrogen) atoms. The summed E-state index contributed by atoms with van der Waals surface area (Å²) in [6.45, 7) is 3.39. The Morgan fingerprint density at radius 1 is 1.30 bits per heavy atom. The molecule has 0 unspecified atom stereocenters. The second-order valence-electron chi connectivity index (χ2n) is 3.30. The Bertz CT molecular complexity index is 89.8. The van der Waals surface area contributed by atoms with E-state index in [1.807, 2.05) is 0 Å². The van der Waals surface area contributed by atoms with Gasteiger partial charge in [-0.25, -0.2) is 0 Å². The van der Waals surface area contributed by atoms with Crippen LogP contribution in [0.4, 0.5) is 0 Å². The number of ether oxygens (including phenoxy) is 1. The normalized spacial score (nSPS) is 40.8. The Labute approximate surface area is 61.9 Å². The van der Waals surface area contributed by atoms with Crippen LogP contribution in [0.2, 0.25) is 0 Å². The van der Waals surface area contributed by atoms with Gasteiger partial charge in [0.15, 0.2) is 0 Å². The van der Waals surface area contributed by atoms with Crippen molar-refractivity contribution < 1.29 is 4.74 Å². The molecule has 2 fully saturated rings. The zero-order valence-electron chi connectivity index (χ0n) is 6.31. The van der Waals surface area contributed by atoms with Gasteiger partial charge in [-0.15, -0.1) is 0 Å². The second kappa shape index (κ2) is 2.89. The lowest BCUT2D eigenvalue weighted by atomic mass is 10.00. The molecule has 0 saturated carbocycles. The van der Waals surface area contributed by atoms with E-state index in [-0.39, 0.29) is 0 Å². The summed E-state index contributed by atoms with van der Waals surface area (Å²) in [5, 5.41) is 3.37. The van der Waals surface area contributed by atoms with Gasteiger partial charge in [-0.2, -0.15) is 0 Å². The van der Waals surface area contributed by atoms with E-state index in [0.717, 1.165) is 12.5 Å². The topological polar surface area (TPSA) is 21.3 Å². The van der Waals surface area contributed by atoms with Crippen molar-refractivity contribution >= 4 is 0 Å². The van der Waals surface area contributed by atoms with Gasteiger partial charge in [0.2, 0.25) is 0 Å². The molecule has 2 atom stereocenters. The van der Waals surface area contributed by atoms with Gasteiger partial charge in [-0.1, -0.05) is 0 Å². The van der Waals surface area contributed by atoms with E-state index in [1.54, 1.807) is 0 Å². The highest BCUT2D eigenvalue weighted by atomic mass is 16.5. The lowest BCUT2D eigenvalue weighted by Gasteiger charge is -2.15. The summed E-state index contributed by atoms with van der Waals surface area (Å²) in [6, 6.07) is 0. The molecule has 1 N–H and O–H groups in total. The maximum absolute atomic E-state index is 5.60. The fourth-order valence-corrected chi connectivity index (χ4v) is 1.97. The Kier molecular flexibility index (Phi) is 1.91. The largest absolute Gasteiger partial charge is 0.378 e. The van der Waals surface area contributed by atoms with E-state index in [2.05, 4.69) is 5.32 Å². The van der Waals surface area contributed by atoms with E-state index in [1.165, 1.54) is 32.4 Å². The molecule has 2 aliphatic rings. The number of hydrogen-bond donors (Lipinski definition) is 1.